The molecular formula is C15H29NO3. The highest BCUT2D eigenvalue weighted by Crippen LogP contribution is 2.39. The number of rotatable bonds is 5. The van der Waals surface area contributed by atoms with Crippen LogP contribution in [0.15, 0.2) is 0 Å². The Balaban J connectivity index is 2.26. The summed E-state index contributed by atoms with van der Waals surface area (Å²) in [6.45, 7) is 9.17. The Morgan fingerprint density at radius 2 is 1.68 bits per heavy atom. The van der Waals surface area contributed by atoms with E-state index >= 15 is 0 Å². The number of nitrogens with one attached hydrogen (secondary N) is 1. The second kappa shape index (κ2) is 6.23. The van der Waals surface area contributed by atoms with Crippen molar-refractivity contribution in [3.05, 3.63) is 0 Å². The molecule has 1 atom stereocenters. The van der Waals surface area contributed by atoms with Crippen LogP contribution in [0, 0.1) is 17.3 Å². The van der Waals surface area contributed by atoms with Gasteiger partial charge < -0.3 is 15.5 Å². The summed E-state index contributed by atoms with van der Waals surface area (Å²) in [6.07, 6.45) is 4.91. The maximum atomic E-state index is 10.8. The fraction of sp³-hybridized carbons (Fsp3) is 0.933. The van der Waals surface area contributed by atoms with Crippen molar-refractivity contribution in [2.24, 2.45) is 17.3 Å². The highest BCUT2D eigenvalue weighted by molar-refractivity contribution is 5.76. The molecule has 19 heavy (non-hydrogen) atoms. The predicted molar refractivity (Wildman–Crippen MR) is 76.0 cm³/mol. The normalized spacial score (nSPS) is 27.8. The zero-order chi connectivity index (χ0) is 14.7. The van der Waals surface area contributed by atoms with Gasteiger partial charge in [0.25, 0.3) is 0 Å². The Morgan fingerprint density at radius 1 is 1.16 bits per heavy atom. The standard InChI is InChI=1S/C15H29NO3/c1-14(2,3)12-7-5-11(6-8-12)9-16-10-15(4,19)13(17)18/h11-12,16,19H,5-10H2,1-4H3,(H,17,18). The predicted octanol–water partition coefficient (Wildman–Crippen LogP) is 2.26. The second-order valence-electron chi connectivity index (χ2n) is 7.29. The van der Waals surface area contributed by atoms with Gasteiger partial charge in [-0.1, -0.05) is 20.8 Å². The summed E-state index contributed by atoms with van der Waals surface area (Å²) >= 11 is 0. The van der Waals surface area contributed by atoms with E-state index in [0.29, 0.717) is 11.3 Å². The third-order valence-electron chi connectivity index (χ3n) is 4.43. The van der Waals surface area contributed by atoms with Gasteiger partial charge in [0.05, 0.1) is 0 Å². The van der Waals surface area contributed by atoms with E-state index in [4.69, 9.17) is 5.11 Å². The fourth-order valence-electron chi connectivity index (χ4n) is 2.83. The second-order valence-corrected chi connectivity index (χ2v) is 7.29. The molecule has 4 heteroatoms. The number of aliphatic carboxylic acids is 1. The topological polar surface area (TPSA) is 69.6 Å². The number of aliphatic hydroxyl groups is 1. The summed E-state index contributed by atoms with van der Waals surface area (Å²) < 4.78 is 0. The monoisotopic (exact) mass is 271 g/mol. The number of hydrogen-bond donors (Lipinski definition) is 3. The summed E-state index contributed by atoms with van der Waals surface area (Å²) in [5.41, 5.74) is -1.27. The number of hydrogen-bond acceptors (Lipinski definition) is 3. The zero-order valence-electron chi connectivity index (χ0n) is 12.7. The van der Waals surface area contributed by atoms with E-state index in [1.165, 1.54) is 32.6 Å². The van der Waals surface area contributed by atoms with Gasteiger partial charge in [0.2, 0.25) is 0 Å². The molecule has 1 unspecified atom stereocenters. The lowest BCUT2D eigenvalue weighted by Crippen LogP contribution is -2.46. The zero-order valence-corrected chi connectivity index (χ0v) is 12.7. The van der Waals surface area contributed by atoms with E-state index in [0.717, 1.165) is 12.5 Å². The molecule has 0 saturated heterocycles. The van der Waals surface area contributed by atoms with Crippen LogP contribution in [0.1, 0.15) is 53.4 Å². The highest BCUT2D eigenvalue weighted by atomic mass is 16.4. The Morgan fingerprint density at radius 3 is 2.11 bits per heavy atom. The van der Waals surface area contributed by atoms with Crippen LogP contribution in [0.5, 0.6) is 0 Å². The van der Waals surface area contributed by atoms with Crippen LogP contribution in [-0.2, 0) is 4.79 Å². The van der Waals surface area contributed by atoms with Gasteiger partial charge in [-0.25, -0.2) is 4.79 Å². The van der Waals surface area contributed by atoms with Crippen molar-refractivity contribution in [2.45, 2.75) is 59.0 Å². The molecule has 0 amide bonds. The van der Waals surface area contributed by atoms with Crippen LogP contribution in [-0.4, -0.2) is 34.9 Å². The molecule has 0 radical (unpaired) electrons. The first-order chi connectivity index (χ1) is 8.63. The summed E-state index contributed by atoms with van der Waals surface area (Å²) in [4.78, 5) is 10.8. The number of carboxylic acid groups (broad SMARTS) is 1. The summed E-state index contributed by atoms with van der Waals surface area (Å²) in [5.74, 6) is 0.241. The number of carbonyl (C=O) groups is 1. The highest BCUT2D eigenvalue weighted by Gasteiger charge is 2.31. The van der Waals surface area contributed by atoms with Crippen LogP contribution in [0.3, 0.4) is 0 Å². The van der Waals surface area contributed by atoms with Gasteiger partial charge in [0.15, 0.2) is 5.60 Å². The van der Waals surface area contributed by atoms with E-state index < -0.39 is 11.6 Å². The molecule has 1 rings (SSSR count). The largest absolute Gasteiger partial charge is 0.479 e. The molecule has 0 aromatic heterocycles. The summed E-state index contributed by atoms with van der Waals surface area (Å²) in [7, 11) is 0. The fourth-order valence-corrected chi connectivity index (χ4v) is 2.83. The minimum atomic E-state index is -1.66. The molecule has 0 heterocycles. The maximum Gasteiger partial charge on any atom is 0.336 e. The van der Waals surface area contributed by atoms with Crippen LogP contribution in [0.4, 0.5) is 0 Å². The van der Waals surface area contributed by atoms with Crippen molar-refractivity contribution in [3.8, 4) is 0 Å². The van der Waals surface area contributed by atoms with Crippen molar-refractivity contribution in [1.82, 2.24) is 5.32 Å². The summed E-state index contributed by atoms with van der Waals surface area (Å²) in [5, 5.41) is 21.5. The van der Waals surface area contributed by atoms with Crippen LogP contribution in [0.25, 0.3) is 0 Å². The van der Waals surface area contributed by atoms with E-state index in [1.807, 2.05) is 0 Å². The van der Waals surface area contributed by atoms with Gasteiger partial charge in [0, 0.05) is 6.54 Å². The van der Waals surface area contributed by atoms with Crippen LogP contribution in [0.2, 0.25) is 0 Å². The van der Waals surface area contributed by atoms with Crippen molar-refractivity contribution in [3.63, 3.8) is 0 Å². The minimum Gasteiger partial charge on any atom is -0.479 e. The molecule has 1 aliphatic rings. The first kappa shape index (κ1) is 16.4. The summed E-state index contributed by atoms with van der Waals surface area (Å²) in [6, 6.07) is 0. The van der Waals surface area contributed by atoms with Crippen LogP contribution >= 0.6 is 0 Å². The van der Waals surface area contributed by atoms with Crippen molar-refractivity contribution >= 4 is 5.97 Å². The molecular weight excluding hydrogens is 242 g/mol. The molecule has 3 N–H and O–H groups in total. The lowest BCUT2D eigenvalue weighted by Gasteiger charge is -2.37. The average Bonchev–Trinajstić information content (AvgIpc) is 2.28. The van der Waals surface area contributed by atoms with Gasteiger partial charge in [-0.3, -0.25) is 0 Å². The van der Waals surface area contributed by atoms with Gasteiger partial charge in [-0.05, 0) is 56.4 Å². The molecule has 0 spiro atoms. The molecule has 1 fully saturated rings. The van der Waals surface area contributed by atoms with Gasteiger partial charge >= 0.3 is 5.97 Å². The Bertz CT molecular complexity index is 299. The lowest BCUT2D eigenvalue weighted by atomic mass is 9.70. The molecule has 1 saturated carbocycles. The van der Waals surface area contributed by atoms with Crippen molar-refractivity contribution < 1.29 is 15.0 Å². The molecule has 0 aliphatic heterocycles. The smallest absolute Gasteiger partial charge is 0.336 e. The number of carboxylic acids is 1. The third kappa shape index (κ3) is 5.11. The third-order valence-corrected chi connectivity index (χ3v) is 4.43. The molecule has 112 valence electrons. The molecule has 0 bridgehead atoms. The minimum absolute atomic E-state index is 0.113. The van der Waals surface area contributed by atoms with Gasteiger partial charge in [-0.2, -0.15) is 0 Å². The SMILES string of the molecule is CC(O)(CNCC1CCC(C(C)(C)C)CC1)C(=O)O. The molecule has 0 aromatic carbocycles. The molecule has 0 aromatic rings. The Hall–Kier alpha value is -0.610. The van der Waals surface area contributed by atoms with E-state index in [1.54, 1.807) is 0 Å². The maximum absolute atomic E-state index is 10.8. The first-order valence-corrected chi connectivity index (χ1v) is 7.29. The molecule has 4 nitrogen and oxygen atoms in total. The van der Waals surface area contributed by atoms with Gasteiger partial charge in [-0.15, -0.1) is 0 Å². The Kier molecular flexibility index (Phi) is 5.39. The van der Waals surface area contributed by atoms with Gasteiger partial charge in [0.1, 0.15) is 0 Å². The lowest BCUT2D eigenvalue weighted by molar-refractivity contribution is -0.156. The molecule has 1 aliphatic carbocycles. The first-order valence-electron chi connectivity index (χ1n) is 7.29. The van der Waals surface area contributed by atoms with E-state index in [2.05, 4.69) is 26.1 Å². The average molecular weight is 271 g/mol. The van der Waals surface area contributed by atoms with E-state index in [-0.39, 0.29) is 6.54 Å². The van der Waals surface area contributed by atoms with Crippen molar-refractivity contribution in [1.29, 1.82) is 0 Å². The van der Waals surface area contributed by atoms with E-state index in [9.17, 15) is 9.90 Å². The quantitative estimate of drug-likeness (QED) is 0.717. The van der Waals surface area contributed by atoms with Crippen LogP contribution < -0.4 is 5.32 Å². The van der Waals surface area contributed by atoms with Crippen molar-refractivity contribution in [2.75, 3.05) is 13.1 Å². The Labute approximate surface area is 116 Å².